The van der Waals surface area contributed by atoms with Gasteiger partial charge in [-0.25, -0.2) is 9.97 Å². The van der Waals surface area contributed by atoms with E-state index in [1.54, 1.807) is 22.1 Å². The summed E-state index contributed by atoms with van der Waals surface area (Å²) in [5.41, 5.74) is 0.935. The van der Waals surface area contributed by atoms with Crippen molar-refractivity contribution in [3.63, 3.8) is 0 Å². The lowest BCUT2D eigenvalue weighted by Gasteiger charge is -2.07. The molecule has 2 aromatic rings. The van der Waals surface area contributed by atoms with Crippen molar-refractivity contribution in [2.45, 2.75) is 26.8 Å². The zero-order chi connectivity index (χ0) is 12.4. The Labute approximate surface area is 117 Å². The molecule has 0 fully saturated rings. The second-order valence-corrected chi connectivity index (χ2v) is 5.74. The van der Waals surface area contributed by atoms with Crippen LogP contribution in [-0.4, -0.2) is 14.5 Å². The van der Waals surface area contributed by atoms with E-state index in [9.17, 15) is 4.79 Å². The molecule has 0 bridgehead atoms. The molecule has 0 radical (unpaired) electrons. The summed E-state index contributed by atoms with van der Waals surface area (Å²) in [7, 11) is 0. The number of hydrogen-bond acceptors (Lipinski definition) is 4. The van der Waals surface area contributed by atoms with Crippen LogP contribution in [0.15, 0.2) is 16.4 Å². The Bertz CT molecular complexity index is 591. The highest BCUT2D eigenvalue weighted by atomic mass is 127. The van der Waals surface area contributed by atoms with E-state index >= 15 is 0 Å². The van der Waals surface area contributed by atoms with Gasteiger partial charge in [0.05, 0.1) is 20.8 Å². The molecule has 0 aliphatic carbocycles. The highest BCUT2D eigenvalue weighted by Crippen LogP contribution is 2.11. The Kier molecular flexibility index (Phi) is 3.93. The van der Waals surface area contributed by atoms with E-state index in [0.717, 1.165) is 22.9 Å². The monoisotopic (exact) mass is 361 g/mol. The van der Waals surface area contributed by atoms with Crippen molar-refractivity contribution in [3.05, 3.63) is 42.0 Å². The fourth-order valence-corrected chi connectivity index (χ4v) is 2.65. The van der Waals surface area contributed by atoms with Gasteiger partial charge < -0.3 is 0 Å². The maximum atomic E-state index is 12.0. The Hall–Kier alpha value is -0.760. The molecule has 6 heteroatoms. The van der Waals surface area contributed by atoms with Crippen molar-refractivity contribution >= 4 is 33.9 Å². The summed E-state index contributed by atoms with van der Waals surface area (Å²) in [4.78, 5) is 20.6. The third-order valence-electron chi connectivity index (χ3n) is 2.43. The number of nitrogens with zero attached hydrogens (tertiary/aromatic N) is 3. The van der Waals surface area contributed by atoms with E-state index < -0.39 is 0 Å². The second-order valence-electron chi connectivity index (χ2n) is 3.63. The SMILES string of the molecule is CCc1nc(Cn2c(C)ncc(I)c2=O)cs1. The molecule has 90 valence electrons. The van der Waals surface area contributed by atoms with E-state index in [-0.39, 0.29) is 5.56 Å². The lowest BCUT2D eigenvalue weighted by atomic mass is 10.4. The summed E-state index contributed by atoms with van der Waals surface area (Å²) < 4.78 is 2.30. The van der Waals surface area contributed by atoms with E-state index in [0.29, 0.717) is 10.1 Å². The van der Waals surface area contributed by atoms with Gasteiger partial charge in [-0.1, -0.05) is 6.92 Å². The predicted octanol–water partition coefficient (Wildman–Crippen LogP) is 2.22. The molecular weight excluding hydrogens is 349 g/mol. The molecule has 0 aliphatic heterocycles. The molecule has 0 spiro atoms. The van der Waals surface area contributed by atoms with Crippen LogP contribution < -0.4 is 5.56 Å². The highest BCUT2D eigenvalue weighted by Gasteiger charge is 2.08. The van der Waals surface area contributed by atoms with Gasteiger partial charge in [-0.15, -0.1) is 11.3 Å². The summed E-state index contributed by atoms with van der Waals surface area (Å²) in [6.45, 7) is 4.42. The van der Waals surface area contributed by atoms with Gasteiger partial charge in [0.25, 0.3) is 5.56 Å². The Morgan fingerprint density at radius 1 is 1.53 bits per heavy atom. The molecule has 0 aliphatic rings. The van der Waals surface area contributed by atoms with Gasteiger partial charge in [0.15, 0.2) is 0 Å². The first-order valence-corrected chi connectivity index (χ1v) is 7.23. The number of halogens is 1. The first-order chi connectivity index (χ1) is 8.11. The second kappa shape index (κ2) is 5.26. The average molecular weight is 361 g/mol. The first kappa shape index (κ1) is 12.7. The number of rotatable bonds is 3. The summed E-state index contributed by atoms with van der Waals surface area (Å²) in [5.74, 6) is 0.724. The number of hydrogen-bond donors (Lipinski definition) is 0. The van der Waals surface area contributed by atoms with Gasteiger partial charge in [0, 0.05) is 11.6 Å². The first-order valence-electron chi connectivity index (χ1n) is 5.27. The van der Waals surface area contributed by atoms with Crippen LogP contribution >= 0.6 is 33.9 Å². The van der Waals surface area contributed by atoms with E-state index in [1.807, 2.05) is 34.9 Å². The molecule has 0 saturated heterocycles. The zero-order valence-electron chi connectivity index (χ0n) is 9.61. The van der Waals surface area contributed by atoms with Crippen LogP contribution in [0.25, 0.3) is 0 Å². The minimum absolute atomic E-state index is 0.00384. The molecule has 0 unspecified atom stereocenters. The third kappa shape index (κ3) is 2.74. The Morgan fingerprint density at radius 2 is 2.29 bits per heavy atom. The maximum Gasteiger partial charge on any atom is 0.267 e. The van der Waals surface area contributed by atoms with Crippen LogP contribution in [0.4, 0.5) is 0 Å². The van der Waals surface area contributed by atoms with Crippen molar-refractivity contribution in [2.75, 3.05) is 0 Å². The third-order valence-corrected chi connectivity index (χ3v) is 4.21. The molecule has 2 rings (SSSR count). The van der Waals surface area contributed by atoms with Crippen LogP contribution in [0.2, 0.25) is 0 Å². The highest BCUT2D eigenvalue weighted by molar-refractivity contribution is 14.1. The number of aromatic nitrogens is 3. The molecule has 17 heavy (non-hydrogen) atoms. The molecule has 0 atom stereocenters. The van der Waals surface area contributed by atoms with Crippen molar-refractivity contribution < 1.29 is 0 Å². The quantitative estimate of drug-likeness (QED) is 0.788. The number of thiazole rings is 1. The topological polar surface area (TPSA) is 47.8 Å². The van der Waals surface area contributed by atoms with Gasteiger partial charge >= 0.3 is 0 Å². The van der Waals surface area contributed by atoms with E-state index in [4.69, 9.17) is 0 Å². The zero-order valence-corrected chi connectivity index (χ0v) is 12.6. The summed E-state index contributed by atoms with van der Waals surface area (Å²) in [6, 6.07) is 0. The fourth-order valence-electron chi connectivity index (χ4n) is 1.48. The smallest absolute Gasteiger partial charge is 0.267 e. The van der Waals surface area contributed by atoms with E-state index in [1.165, 1.54) is 0 Å². The average Bonchev–Trinajstić information content (AvgIpc) is 2.77. The van der Waals surface area contributed by atoms with Crippen LogP contribution in [-0.2, 0) is 13.0 Å². The molecular formula is C11H12IN3OS. The lowest BCUT2D eigenvalue weighted by molar-refractivity contribution is 0.682. The van der Waals surface area contributed by atoms with Crippen LogP contribution in [0.5, 0.6) is 0 Å². The van der Waals surface area contributed by atoms with Gasteiger partial charge in [-0.3, -0.25) is 9.36 Å². The molecule has 4 nitrogen and oxygen atoms in total. The van der Waals surface area contributed by atoms with Crippen molar-refractivity contribution in [2.24, 2.45) is 0 Å². The van der Waals surface area contributed by atoms with Gasteiger partial charge in [-0.2, -0.15) is 0 Å². The summed E-state index contributed by atoms with van der Waals surface area (Å²) in [6.07, 6.45) is 2.54. The molecule has 0 amide bonds. The minimum Gasteiger partial charge on any atom is -0.290 e. The van der Waals surface area contributed by atoms with Gasteiger partial charge in [0.2, 0.25) is 0 Å². The minimum atomic E-state index is 0.00384. The lowest BCUT2D eigenvalue weighted by Crippen LogP contribution is -2.26. The molecule has 2 heterocycles. The van der Waals surface area contributed by atoms with Crippen LogP contribution in [0.3, 0.4) is 0 Å². The fraction of sp³-hybridized carbons (Fsp3) is 0.364. The normalized spacial score (nSPS) is 10.8. The van der Waals surface area contributed by atoms with Gasteiger partial charge in [0.1, 0.15) is 5.82 Å². The summed E-state index contributed by atoms with van der Waals surface area (Å²) in [5, 5.41) is 3.11. The maximum absolute atomic E-state index is 12.0. The predicted molar refractivity (Wildman–Crippen MR) is 76.5 cm³/mol. The number of aryl methyl sites for hydroxylation is 2. The molecule has 0 saturated carbocycles. The molecule has 2 aromatic heterocycles. The standard InChI is InChI=1S/C11H12IN3OS/c1-3-10-14-8(6-17-10)5-15-7(2)13-4-9(12)11(15)16/h4,6H,3,5H2,1-2H3. The molecule has 0 N–H and O–H groups in total. The molecule has 0 aromatic carbocycles. The van der Waals surface area contributed by atoms with Crippen LogP contribution in [0.1, 0.15) is 23.4 Å². The largest absolute Gasteiger partial charge is 0.290 e. The van der Waals surface area contributed by atoms with Gasteiger partial charge in [-0.05, 0) is 35.9 Å². The Balaban J connectivity index is 2.36. The van der Waals surface area contributed by atoms with Crippen LogP contribution in [0, 0.1) is 10.5 Å². The summed E-state index contributed by atoms with van der Waals surface area (Å²) >= 11 is 3.64. The van der Waals surface area contributed by atoms with Crippen molar-refractivity contribution in [3.8, 4) is 0 Å². The van der Waals surface area contributed by atoms with E-state index in [2.05, 4.69) is 16.9 Å². The Morgan fingerprint density at radius 3 is 2.94 bits per heavy atom. The van der Waals surface area contributed by atoms with Crippen molar-refractivity contribution in [1.29, 1.82) is 0 Å². The van der Waals surface area contributed by atoms with Crippen molar-refractivity contribution in [1.82, 2.24) is 14.5 Å².